The summed E-state index contributed by atoms with van der Waals surface area (Å²) < 4.78 is 0. The fraction of sp³-hybridized carbons (Fsp3) is 0.538. The van der Waals surface area contributed by atoms with Crippen LogP contribution in [0.25, 0.3) is 0 Å². The Morgan fingerprint density at radius 1 is 1.56 bits per heavy atom. The molecule has 0 bridgehead atoms. The lowest BCUT2D eigenvalue weighted by atomic mass is 9.94. The van der Waals surface area contributed by atoms with Crippen molar-refractivity contribution in [2.24, 2.45) is 5.92 Å². The van der Waals surface area contributed by atoms with E-state index in [0.717, 1.165) is 38.2 Å². The molecule has 0 radical (unpaired) electrons. The lowest BCUT2D eigenvalue weighted by molar-refractivity contribution is -0.122. The fourth-order valence-corrected chi connectivity index (χ4v) is 2.25. The van der Waals surface area contributed by atoms with Crippen molar-refractivity contribution in [2.75, 3.05) is 13.1 Å². The molecule has 16 heavy (non-hydrogen) atoms. The Labute approximate surface area is 96.5 Å². The lowest BCUT2D eigenvalue weighted by Crippen LogP contribution is -2.37. The molecule has 2 heterocycles. The highest BCUT2D eigenvalue weighted by Crippen LogP contribution is 2.18. The number of hydrogen-bond donors (Lipinski definition) is 0. The molecule has 1 fully saturated rings. The molecule has 0 amide bonds. The average Bonchev–Trinajstić information content (AvgIpc) is 2.30. The Morgan fingerprint density at radius 2 is 2.44 bits per heavy atom. The number of nitrogens with zero attached hydrogens (tertiary/aromatic N) is 2. The Hall–Kier alpha value is -1.22. The normalized spacial score (nSPS) is 21.9. The number of ketones is 1. The van der Waals surface area contributed by atoms with E-state index in [2.05, 4.69) is 9.88 Å². The molecule has 0 aliphatic carbocycles. The maximum absolute atomic E-state index is 11.4. The SMILES string of the molecule is CC(=O)C1CCCN(Cc2ccccn2)C1. The third-order valence-electron chi connectivity index (χ3n) is 3.19. The van der Waals surface area contributed by atoms with Crippen molar-refractivity contribution in [1.29, 1.82) is 0 Å². The van der Waals surface area contributed by atoms with Crippen molar-refractivity contribution in [2.45, 2.75) is 26.3 Å². The van der Waals surface area contributed by atoms with Gasteiger partial charge in [-0.15, -0.1) is 0 Å². The number of likely N-dealkylation sites (tertiary alicyclic amines) is 1. The summed E-state index contributed by atoms with van der Waals surface area (Å²) in [6, 6.07) is 5.98. The summed E-state index contributed by atoms with van der Waals surface area (Å²) in [6.45, 7) is 4.55. The number of carbonyl (C=O) groups is 1. The molecule has 1 saturated heterocycles. The van der Waals surface area contributed by atoms with E-state index in [-0.39, 0.29) is 5.92 Å². The van der Waals surface area contributed by atoms with Crippen LogP contribution in [0.1, 0.15) is 25.5 Å². The minimum absolute atomic E-state index is 0.234. The fourth-order valence-electron chi connectivity index (χ4n) is 2.25. The maximum atomic E-state index is 11.4. The van der Waals surface area contributed by atoms with Gasteiger partial charge in [0, 0.05) is 25.2 Å². The van der Waals surface area contributed by atoms with Crippen molar-refractivity contribution in [3.63, 3.8) is 0 Å². The third kappa shape index (κ3) is 2.89. The second-order valence-electron chi connectivity index (χ2n) is 4.51. The van der Waals surface area contributed by atoms with Gasteiger partial charge >= 0.3 is 0 Å². The van der Waals surface area contributed by atoms with E-state index in [4.69, 9.17) is 0 Å². The summed E-state index contributed by atoms with van der Waals surface area (Å²) in [6.07, 6.45) is 3.99. The van der Waals surface area contributed by atoms with Gasteiger partial charge in [-0.1, -0.05) is 6.07 Å². The largest absolute Gasteiger partial charge is 0.300 e. The monoisotopic (exact) mass is 218 g/mol. The number of Topliss-reactive ketones (excluding diaryl/α,β-unsaturated/α-hetero) is 1. The first-order valence-electron chi connectivity index (χ1n) is 5.88. The highest BCUT2D eigenvalue weighted by atomic mass is 16.1. The van der Waals surface area contributed by atoms with E-state index in [0.29, 0.717) is 5.78 Å². The first-order valence-corrected chi connectivity index (χ1v) is 5.88. The number of aromatic nitrogens is 1. The molecule has 1 aliphatic rings. The highest BCUT2D eigenvalue weighted by Gasteiger charge is 2.23. The van der Waals surface area contributed by atoms with Crippen LogP contribution in [-0.4, -0.2) is 28.8 Å². The second kappa shape index (κ2) is 5.21. The summed E-state index contributed by atoms with van der Waals surface area (Å²) in [7, 11) is 0. The molecular weight excluding hydrogens is 200 g/mol. The smallest absolute Gasteiger partial charge is 0.134 e. The molecule has 2 rings (SSSR count). The van der Waals surface area contributed by atoms with E-state index >= 15 is 0 Å². The first kappa shape index (κ1) is 11.3. The lowest BCUT2D eigenvalue weighted by Gasteiger charge is -2.31. The first-order chi connectivity index (χ1) is 7.75. The van der Waals surface area contributed by atoms with Crippen molar-refractivity contribution >= 4 is 5.78 Å². The quantitative estimate of drug-likeness (QED) is 0.776. The van der Waals surface area contributed by atoms with Gasteiger partial charge in [0.25, 0.3) is 0 Å². The Morgan fingerprint density at radius 3 is 3.12 bits per heavy atom. The summed E-state index contributed by atoms with van der Waals surface area (Å²) in [5, 5.41) is 0. The second-order valence-corrected chi connectivity index (χ2v) is 4.51. The molecule has 1 unspecified atom stereocenters. The average molecular weight is 218 g/mol. The predicted octanol–water partition coefficient (Wildman–Crippen LogP) is 1.88. The molecule has 3 heteroatoms. The van der Waals surface area contributed by atoms with Gasteiger partial charge in [-0.05, 0) is 38.4 Å². The Bertz CT molecular complexity index is 350. The molecule has 1 aromatic rings. The number of rotatable bonds is 3. The topological polar surface area (TPSA) is 33.2 Å². The molecule has 86 valence electrons. The van der Waals surface area contributed by atoms with Gasteiger partial charge in [0.1, 0.15) is 5.78 Å². The van der Waals surface area contributed by atoms with Crippen molar-refractivity contribution in [1.82, 2.24) is 9.88 Å². The summed E-state index contributed by atoms with van der Waals surface area (Å²) >= 11 is 0. The summed E-state index contributed by atoms with van der Waals surface area (Å²) in [5.74, 6) is 0.559. The molecule has 1 aromatic heterocycles. The minimum atomic E-state index is 0.234. The number of piperidine rings is 1. The molecule has 0 saturated carbocycles. The van der Waals surface area contributed by atoms with Crippen LogP contribution in [-0.2, 0) is 11.3 Å². The van der Waals surface area contributed by atoms with Crippen LogP contribution in [0.2, 0.25) is 0 Å². The molecule has 3 nitrogen and oxygen atoms in total. The van der Waals surface area contributed by atoms with E-state index in [1.54, 1.807) is 6.92 Å². The van der Waals surface area contributed by atoms with Crippen LogP contribution in [0, 0.1) is 5.92 Å². The maximum Gasteiger partial charge on any atom is 0.134 e. The number of pyridine rings is 1. The zero-order chi connectivity index (χ0) is 11.4. The Balaban J connectivity index is 1.93. The molecule has 1 atom stereocenters. The molecular formula is C13H18N2O. The Kier molecular flexibility index (Phi) is 3.67. The van der Waals surface area contributed by atoms with Gasteiger partial charge in [0.05, 0.1) is 5.69 Å². The van der Waals surface area contributed by atoms with E-state index in [1.165, 1.54) is 0 Å². The highest BCUT2D eigenvalue weighted by molar-refractivity contribution is 5.78. The van der Waals surface area contributed by atoms with Crippen molar-refractivity contribution < 1.29 is 4.79 Å². The van der Waals surface area contributed by atoms with Gasteiger partial charge in [-0.25, -0.2) is 0 Å². The molecule has 1 aliphatic heterocycles. The number of hydrogen-bond acceptors (Lipinski definition) is 3. The van der Waals surface area contributed by atoms with Crippen molar-refractivity contribution in [3.05, 3.63) is 30.1 Å². The van der Waals surface area contributed by atoms with E-state index < -0.39 is 0 Å². The van der Waals surface area contributed by atoms with Crippen LogP contribution in [0.3, 0.4) is 0 Å². The van der Waals surface area contributed by atoms with E-state index in [9.17, 15) is 4.79 Å². The van der Waals surface area contributed by atoms with Crippen LogP contribution < -0.4 is 0 Å². The van der Waals surface area contributed by atoms with Gasteiger partial charge in [0.15, 0.2) is 0 Å². The van der Waals surface area contributed by atoms with Crippen LogP contribution in [0.4, 0.5) is 0 Å². The van der Waals surface area contributed by atoms with Crippen LogP contribution in [0.15, 0.2) is 24.4 Å². The summed E-state index contributed by atoms with van der Waals surface area (Å²) in [4.78, 5) is 18.0. The zero-order valence-electron chi connectivity index (χ0n) is 9.72. The summed E-state index contributed by atoms with van der Waals surface area (Å²) in [5.41, 5.74) is 1.09. The zero-order valence-corrected chi connectivity index (χ0v) is 9.72. The van der Waals surface area contributed by atoms with Crippen molar-refractivity contribution in [3.8, 4) is 0 Å². The van der Waals surface area contributed by atoms with Crippen LogP contribution >= 0.6 is 0 Å². The van der Waals surface area contributed by atoms with E-state index in [1.807, 2.05) is 24.4 Å². The third-order valence-corrected chi connectivity index (χ3v) is 3.19. The van der Waals surface area contributed by atoms with Gasteiger partial charge in [-0.3, -0.25) is 14.7 Å². The van der Waals surface area contributed by atoms with Gasteiger partial charge < -0.3 is 0 Å². The van der Waals surface area contributed by atoms with Gasteiger partial charge in [-0.2, -0.15) is 0 Å². The molecule has 0 aromatic carbocycles. The molecule has 0 spiro atoms. The van der Waals surface area contributed by atoms with Gasteiger partial charge in [0.2, 0.25) is 0 Å². The molecule has 0 N–H and O–H groups in total. The predicted molar refractivity (Wildman–Crippen MR) is 62.9 cm³/mol. The van der Waals surface area contributed by atoms with Crippen LogP contribution in [0.5, 0.6) is 0 Å². The number of carbonyl (C=O) groups excluding carboxylic acids is 1. The minimum Gasteiger partial charge on any atom is -0.300 e. The standard InChI is InChI=1S/C13H18N2O/c1-11(16)12-5-4-8-15(9-12)10-13-6-2-3-7-14-13/h2-3,6-7,12H,4-5,8-10H2,1H3.